The number of nitrogens with zero attached hydrogens (tertiary/aromatic N) is 2. The summed E-state index contributed by atoms with van der Waals surface area (Å²) >= 11 is 0. The van der Waals surface area contributed by atoms with Gasteiger partial charge >= 0.3 is 6.16 Å². The van der Waals surface area contributed by atoms with E-state index in [2.05, 4.69) is 10.1 Å². The van der Waals surface area contributed by atoms with Crippen LogP contribution in [0.5, 0.6) is 11.5 Å². The van der Waals surface area contributed by atoms with Crippen molar-refractivity contribution in [2.75, 3.05) is 33.4 Å². The van der Waals surface area contributed by atoms with Gasteiger partial charge in [0, 0.05) is 30.1 Å². The average molecular weight is 500 g/mol. The Morgan fingerprint density at radius 3 is 2.61 bits per heavy atom. The number of para-hydroxylation sites is 1. The smallest absolute Gasteiger partial charge is 0.489 e. The number of ether oxygens (including phenoxy) is 4. The van der Waals surface area contributed by atoms with Crippen molar-refractivity contribution in [3.63, 3.8) is 0 Å². The van der Waals surface area contributed by atoms with Gasteiger partial charge in [-0.25, -0.2) is 9.78 Å². The highest BCUT2D eigenvalue weighted by Crippen LogP contribution is 2.34. The summed E-state index contributed by atoms with van der Waals surface area (Å²) in [5.74, 6) is 1.02. The minimum Gasteiger partial charge on any atom is -0.489 e. The van der Waals surface area contributed by atoms with Gasteiger partial charge in [0.2, 0.25) is 0 Å². The largest absolute Gasteiger partial charge is 0.508 e. The molecule has 0 spiro atoms. The molecule has 9 heteroatoms. The van der Waals surface area contributed by atoms with Gasteiger partial charge in [-0.2, -0.15) is 0 Å². The van der Waals surface area contributed by atoms with Crippen LogP contribution in [0, 0.1) is 0 Å². The Labute approximate surface area is 212 Å². The van der Waals surface area contributed by atoms with E-state index in [0.717, 1.165) is 57.0 Å². The fourth-order valence-corrected chi connectivity index (χ4v) is 5.06. The van der Waals surface area contributed by atoms with Crippen molar-refractivity contribution >= 4 is 23.0 Å². The Kier molecular flexibility index (Phi) is 8.85. The second-order valence-corrected chi connectivity index (χ2v) is 9.64. The number of piperidine rings is 1. The number of hydrogen-bond acceptors (Lipinski definition) is 8. The average Bonchev–Trinajstić information content (AvgIpc) is 3.40. The molecule has 36 heavy (non-hydrogen) atoms. The molecule has 1 saturated carbocycles. The number of benzene rings is 1. The van der Waals surface area contributed by atoms with Crippen LogP contribution in [-0.2, 0) is 9.47 Å². The molecule has 9 nitrogen and oxygen atoms in total. The predicted octanol–water partition coefficient (Wildman–Crippen LogP) is 4.32. The van der Waals surface area contributed by atoms with Crippen LogP contribution in [0.3, 0.4) is 0 Å². The van der Waals surface area contributed by atoms with E-state index in [1.807, 2.05) is 36.9 Å². The maximum Gasteiger partial charge on any atom is 0.508 e. The number of carbonyl (C=O) groups is 2. The van der Waals surface area contributed by atoms with Crippen molar-refractivity contribution in [2.24, 2.45) is 0 Å². The third kappa shape index (κ3) is 6.19. The van der Waals surface area contributed by atoms with Crippen molar-refractivity contribution in [1.82, 2.24) is 15.2 Å². The van der Waals surface area contributed by atoms with Crippen LogP contribution in [0.1, 0.15) is 62.9 Å². The van der Waals surface area contributed by atoms with Crippen LogP contribution >= 0.6 is 0 Å². The lowest BCUT2D eigenvalue weighted by atomic mass is 10.0. The standard InChI is InChI=1S/C27H37N3O6/c1-18(2)30(19-8-7-13-28-17-19)26(31)22-16-24(34-14-15-35-27(32)33-3)21-11-6-12-23(25(21)29-22)36-20-9-4-5-10-20/h6,11-12,16,18-20,28H,4-5,7-10,13-15,17H2,1-3H3/t19-/m1/s1. The van der Waals surface area contributed by atoms with Gasteiger partial charge in [-0.05, 0) is 71.0 Å². The number of pyridine rings is 1. The van der Waals surface area contributed by atoms with Gasteiger partial charge in [0.05, 0.1) is 13.2 Å². The maximum atomic E-state index is 13.8. The minimum absolute atomic E-state index is 0.0164. The highest BCUT2D eigenvalue weighted by molar-refractivity contribution is 5.98. The monoisotopic (exact) mass is 499 g/mol. The van der Waals surface area contributed by atoms with Gasteiger partial charge in [0.15, 0.2) is 0 Å². The number of aromatic nitrogens is 1. The number of nitrogens with one attached hydrogen (secondary N) is 1. The minimum atomic E-state index is -0.769. The summed E-state index contributed by atoms with van der Waals surface area (Å²) in [6.45, 7) is 5.92. The van der Waals surface area contributed by atoms with E-state index in [1.165, 1.54) is 7.11 Å². The summed E-state index contributed by atoms with van der Waals surface area (Å²) in [5, 5.41) is 4.15. The normalized spacial score (nSPS) is 18.3. The molecule has 4 rings (SSSR count). The van der Waals surface area contributed by atoms with Crippen LogP contribution in [0.2, 0.25) is 0 Å². The number of amides is 1. The van der Waals surface area contributed by atoms with E-state index < -0.39 is 6.16 Å². The van der Waals surface area contributed by atoms with Gasteiger partial charge in [-0.15, -0.1) is 0 Å². The molecule has 1 atom stereocenters. The summed E-state index contributed by atoms with van der Waals surface area (Å²) in [7, 11) is 1.26. The zero-order chi connectivity index (χ0) is 25.5. The molecule has 2 aromatic rings. The van der Waals surface area contributed by atoms with Crippen molar-refractivity contribution < 1.29 is 28.5 Å². The molecule has 0 unspecified atom stereocenters. The summed E-state index contributed by atoms with van der Waals surface area (Å²) in [5.41, 5.74) is 0.915. The molecule has 1 amide bonds. The van der Waals surface area contributed by atoms with Gasteiger partial charge in [-0.3, -0.25) is 4.79 Å². The van der Waals surface area contributed by atoms with E-state index in [9.17, 15) is 9.59 Å². The number of carbonyl (C=O) groups excluding carboxylic acids is 2. The molecule has 0 radical (unpaired) electrons. The molecule has 1 aliphatic heterocycles. The van der Waals surface area contributed by atoms with Crippen molar-refractivity contribution in [1.29, 1.82) is 0 Å². The van der Waals surface area contributed by atoms with E-state index in [4.69, 9.17) is 19.2 Å². The third-order valence-corrected chi connectivity index (χ3v) is 6.76. The first-order valence-corrected chi connectivity index (χ1v) is 12.9. The molecule has 0 bridgehead atoms. The summed E-state index contributed by atoms with van der Waals surface area (Å²) < 4.78 is 21.8. The van der Waals surface area contributed by atoms with E-state index in [-0.39, 0.29) is 37.3 Å². The fourth-order valence-electron chi connectivity index (χ4n) is 5.06. The molecule has 2 aliphatic rings. The third-order valence-electron chi connectivity index (χ3n) is 6.76. The molecule has 1 aromatic heterocycles. The molecule has 2 heterocycles. The molecule has 1 saturated heterocycles. The van der Waals surface area contributed by atoms with E-state index >= 15 is 0 Å². The van der Waals surface area contributed by atoms with E-state index in [0.29, 0.717) is 22.7 Å². The van der Waals surface area contributed by atoms with Gasteiger partial charge in [-0.1, -0.05) is 6.07 Å². The highest BCUT2D eigenvalue weighted by Gasteiger charge is 2.30. The Morgan fingerprint density at radius 2 is 1.92 bits per heavy atom. The predicted molar refractivity (Wildman–Crippen MR) is 136 cm³/mol. The molecular formula is C27H37N3O6. The van der Waals surface area contributed by atoms with Gasteiger partial charge in [0.1, 0.15) is 35.9 Å². The molecule has 1 aromatic carbocycles. The highest BCUT2D eigenvalue weighted by atomic mass is 16.7. The zero-order valence-corrected chi connectivity index (χ0v) is 21.5. The van der Waals surface area contributed by atoms with Crippen LogP contribution in [0.25, 0.3) is 10.9 Å². The Morgan fingerprint density at radius 1 is 1.11 bits per heavy atom. The Bertz CT molecular complexity index is 1050. The number of hydrogen-bond donors (Lipinski definition) is 1. The number of methoxy groups -OCH3 is 1. The second-order valence-electron chi connectivity index (χ2n) is 9.64. The van der Waals surface area contributed by atoms with Crippen LogP contribution in [0.15, 0.2) is 24.3 Å². The number of rotatable bonds is 9. The molecule has 196 valence electrons. The van der Waals surface area contributed by atoms with E-state index in [1.54, 1.807) is 6.07 Å². The summed E-state index contributed by atoms with van der Waals surface area (Å²) in [6.07, 6.45) is 5.69. The lowest BCUT2D eigenvalue weighted by Crippen LogP contribution is -2.51. The quantitative estimate of drug-likeness (QED) is 0.402. The Balaban J connectivity index is 1.68. The SMILES string of the molecule is COC(=O)OCCOc1cc(C(=O)N(C(C)C)[C@@H]2CCCNC2)nc2c(OC3CCCC3)cccc12. The van der Waals surface area contributed by atoms with Crippen LogP contribution in [-0.4, -0.2) is 73.5 Å². The van der Waals surface area contributed by atoms with Crippen LogP contribution in [0.4, 0.5) is 4.79 Å². The molecular weight excluding hydrogens is 462 g/mol. The first-order valence-electron chi connectivity index (χ1n) is 12.9. The Hall–Kier alpha value is -3.07. The first-order chi connectivity index (χ1) is 17.5. The van der Waals surface area contributed by atoms with Crippen molar-refractivity contribution in [3.05, 3.63) is 30.0 Å². The fraction of sp³-hybridized carbons (Fsp3) is 0.593. The van der Waals surface area contributed by atoms with Gasteiger partial charge < -0.3 is 29.2 Å². The van der Waals surface area contributed by atoms with Crippen LogP contribution < -0.4 is 14.8 Å². The van der Waals surface area contributed by atoms with Crippen molar-refractivity contribution in [2.45, 2.75) is 70.6 Å². The molecule has 2 fully saturated rings. The zero-order valence-electron chi connectivity index (χ0n) is 21.5. The first kappa shape index (κ1) is 26.0. The van der Waals surface area contributed by atoms with Gasteiger partial charge in [0.25, 0.3) is 5.91 Å². The summed E-state index contributed by atoms with van der Waals surface area (Å²) in [4.78, 5) is 31.9. The topological polar surface area (TPSA) is 99.2 Å². The lowest BCUT2D eigenvalue weighted by molar-refractivity contribution is 0.0567. The lowest BCUT2D eigenvalue weighted by Gasteiger charge is -2.37. The van der Waals surface area contributed by atoms with Crippen molar-refractivity contribution in [3.8, 4) is 11.5 Å². The maximum absolute atomic E-state index is 13.8. The molecule has 1 N–H and O–H groups in total. The summed E-state index contributed by atoms with van der Waals surface area (Å²) in [6, 6.07) is 7.52. The number of fused-ring (bicyclic) bond motifs is 1. The molecule has 1 aliphatic carbocycles. The second kappa shape index (κ2) is 12.3.